The summed E-state index contributed by atoms with van der Waals surface area (Å²) in [7, 11) is 0. The third kappa shape index (κ3) is 8.94. The van der Waals surface area contributed by atoms with Gasteiger partial charge < -0.3 is 30.9 Å². The van der Waals surface area contributed by atoms with Crippen LogP contribution < -0.4 is 16.4 Å². The van der Waals surface area contributed by atoms with Crippen molar-refractivity contribution >= 4 is 18.0 Å². The van der Waals surface area contributed by atoms with Gasteiger partial charge in [-0.05, 0) is 63.8 Å². The summed E-state index contributed by atoms with van der Waals surface area (Å²) < 4.78 is 10.6. The van der Waals surface area contributed by atoms with Gasteiger partial charge in [-0.1, -0.05) is 42.5 Å². The molecule has 0 saturated carbocycles. The zero-order valence-electron chi connectivity index (χ0n) is 20.7. The lowest BCUT2D eigenvalue weighted by molar-refractivity contribution is -0.165. The van der Waals surface area contributed by atoms with E-state index in [4.69, 9.17) is 15.2 Å². The lowest BCUT2D eigenvalue weighted by Crippen LogP contribution is -2.61. The maximum absolute atomic E-state index is 13.1. The molecular formula is C26H35N3O6. The summed E-state index contributed by atoms with van der Waals surface area (Å²) in [6, 6.07) is 15.1. The van der Waals surface area contributed by atoms with E-state index in [1.807, 2.05) is 30.3 Å². The summed E-state index contributed by atoms with van der Waals surface area (Å²) in [4.78, 5) is 38.0. The van der Waals surface area contributed by atoms with E-state index in [1.54, 1.807) is 39.8 Å². The van der Waals surface area contributed by atoms with Crippen LogP contribution in [-0.4, -0.2) is 40.8 Å². The van der Waals surface area contributed by atoms with Crippen LogP contribution in [0.4, 0.5) is 4.79 Å². The maximum Gasteiger partial charge on any atom is 0.407 e. The summed E-state index contributed by atoms with van der Waals surface area (Å²) in [5.41, 5.74) is 5.10. The van der Waals surface area contributed by atoms with Crippen molar-refractivity contribution in [3.63, 3.8) is 0 Å². The van der Waals surface area contributed by atoms with Crippen molar-refractivity contribution in [2.75, 3.05) is 6.54 Å². The molecule has 2 aromatic rings. The highest BCUT2D eigenvalue weighted by Gasteiger charge is 2.45. The van der Waals surface area contributed by atoms with Gasteiger partial charge in [-0.15, -0.1) is 0 Å². The number of carbonyl (C=O) groups excluding carboxylic acids is 3. The van der Waals surface area contributed by atoms with Crippen molar-refractivity contribution in [1.82, 2.24) is 10.6 Å². The predicted molar refractivity (Wildman–Crippen MR) is 131 cm³/mol. The molecule has 2 atom stereocenters. The number of rotatable bonds is 10. The molecule has 2 amide bonds. The van der Waals surface area contributed by atoms with Gasteiger partial charge in [0.25, 0.3) is 5.91 Å². The first-order chi connectivity index (χ1) is 16.4. The van der Waals surface area contributed by atoms with Crippen LogP contribution in [-0.2, 0) is 25.7 Å². The first-order valence-electron chi connectivity index (χ1n) is 11.5. The third-order valence-electron chi connectivity index (χ3n) is 5.14. The number of phenolic OH excluding ortho intramolecular Hbond substituents is 1. The number of nitrogens with two attached hydrogens (primary N) is 1. The van der Waals surface area contributed by atoms with Gasteiger partial charge in [-0.3, -0.25) is 4.79 Å². The Morgan fingerprint density at radius 1 is 1.03 bits per heavy atom. The number of hydrogen-bond acceptors (Lipinski definition) is 7. The smallest absolute Gasteiger partial charge is 0.407 e. The Kier molecular flexibility index (Phi) is 9.65. The fourth-order valence-corrected chi connectivity index (χ4v) is 3.18. The second-order valence-corrected chi connectivity index (χ2v) is 9.35. The molecule has 5 N–H and O–H groups in total. The molecule has 0 spiro atoms. The monoisotopic (exact) mass is 485 g/mol. The highest BCUT2D eigenvalue weighted by Crippen LogP contribution is 2.21. The van der Waals surface area contributed by atoms with Gasteiger partial charge in [-0.25, -0.2) is 9.59 Å². The Labute approximate surface area is 206 Å². The van der Waals surface area contributed by atoms with Crippen LogP contribution in [0.25, 0.3) is 0 Å². The molecule has 0 aliphatic heterocycles. The summed E-state index contributed by atoms with van der Waals surface area (Å²) in [6.45, 7) is 7.08. The fraction of sp³-hybridized carbons (Fsp3) is 0.423. The van der Waals surface area contributed by atoms with Crippen LogP contribution in [0.2, 0.25) is 0 Å². The minimum absolute atomic E-state index is 0.0605. The van der Waals surface area contributed by atoms with Gasteiger partial charge in [-0.2, -0.15) is 0 Å². The quantitative estimate of drug-likeness (QED) is 0.230. The van der Waals surface area contributed by atoms with E-state index in [1.165, 1.54) is 12.1 Å². The minimum atomic E-state index is -1.96. The van der Waals surface area contributed by atoms with Gasteiger partial charge in [0, 0.05) is 6.54 Å². The summed E-state index contributed by atoms with van der Waals surface area (Å²) >= 11 is 0. The molecule has 0 aromatic heterocycles. The molecule has 2 rings (SSSR count). The van der Waals surface area contributed by atoms with Crippen molar-refractivity contribution in [3.8, 4) is 5.75 Å². The number of nitrogens with one attached hydrogen (secondary N) is 2. The number of alkyl carbamates (subject to hydrolysis) is 1. The van der Waals surface area contributed by atoms with E-state index in [-0.39, 0.29) is 31.7 Å². The molecule has 0 radical (unpaired) electrons. The van der Waals surface area contributed by atoms with Crippen LogP contribution >= 0.6 is 0 Å². The van der Waals surface area contributed by atoms with Crippen LogP contribution in [0.15, 0.2) is 54.6 Å². The first-order valence-corrected chi connectivity index (χ1v) is 11.5. The average Bonchev–Trinajstić information content (AvgIpc) is 2.80. The Balaban J connectivity index is 1.97. The standard InChI is InChI=1S/C26H35N3O6/c1-18(20-11-13-21(30)14-12-20)29-22(31)26(27,23(32)35-25(2,3)4)15-8-16-28-24(33)34-17-19-9-6-5-7-10-19/h5-7,9-14,18,30H,8,15-17,27H2,1-4H3,(H,28,33)(H,29,31)/t18-,26+/m0/s1. The molecule has 2 aromatic carbocycles. The van der Waals surface area contributed by atoms with E-state index in [0.717, 1.165) is 11.1 Å². The zero-order valence-corrected chi connectivity index (χ0v) is 20.7. The third-order valence-corrected chi connectivity index (χ3v) is 5.14. The highest BCUT2D eigenvalue weighted by atomic mass is 16.6. The SMILES string of the molecule is C[C@H](NC(=O)[C@](N)(CCCNC(=O)OCc1ccccc1)C(=O)OC(C)(C)C)c1ccc(O)cc1. The Morgan fingerprint density at radius 2 is 1.66 bits per heavy atom. The number of phenols is 1. The molecule has 0 fully saturated rings. The molecule has 0 unspecified atom stereocenters. The number of hydrogen-bond donors (Lipinski definition) is 4. The molecule has 9 nitrogen and oxygen atoms in total. The fourth-order valence-electron chi connectivity index (χ4n) is 3.18. The maximum atomic E-state index is 13.1. The lowest BCUT2D eigenvalue weighted by atomic mass is 9.92. The summed E-state index contributed by atoms with van der Waals surface area (Å²) in [6.07, 6.45) is -0.439. The minimum Gasteiger partial charge on any atom is -0.508 e. The van der Waals surface area contributed by atoms with Crippen LogP contribution in [0, 0.1) is 0 Å². The molecule has 0 aliphatic carbocycles. The molecule has 0 bridgehead atoms. The number of benzene rings is 2. The number of carbonyl (C=O) groups is 3. The van der Waals surface area contributed by atoms with E-state index in [9.17, 15) is 19.5 Å². The summed E-state index contributed by atoms with van der Waals surface area (Å²) in [5.74, 6) is -1.45. The predicted octanol–water partition coefficient (Wildman–Crippen LogP) is 3.32. The van der Waals surface area contributed by atoms with Crippen LogP contribution in [0.1, 0.15) is 57.7 Å². The largest absolute Gasteiger partial charge is 0.508 e. The van der Waals surface area contributed by atoms with Crippen molar-refractivity contribution < 1.29 is 29.0 Å². The number of aromatic hydroxyl groups is 1. The van der Waals surface area contributed by atoms with Gasteiger partial charge in [0.2, 0.25) is 0 Å². The molecule has 9 heteroatoms. The Morgan fingerprint density at radius 3 is 2.26 bits per heavy atom. The van der Waals surface area contributed by atoms with E-state index in [2.05, 4.69) is 10.6 Å². The number of amides is 2. The number of ether oxygens (including phenoxy) is 2. The lowest BCUT2D eigenvalue weighted by Gasteiger charge is -2.31. The molecule has 190 valence electrons. The highest BCUT2D eigenvalue weighted by molar-refractivity contribution is 6.07. The molecule has 0 aliphatic rings. The van der Waals surface area contributed by atoms with Gasteiger partial charge in [0.15, 0.2) is 5.54 Å². The van der Waals surface area contributed by atoms with E-state index >= 15 is 0 Å². The van der Waals surface area contributed by atoms with Crippen molar-refractivity contribution in [2.45, 2.75) is 64.3 Å². The molecule has 35 heavy (non-hydrogen) atoms. The van der Waals surface area contributed by atoms with Gasteiger partial charge in [0.05, 0.1) is 6.04 Å². The molecule has 0 saturated heterocycles. The molecular weight excluding hydrogens is 450 g/mol. The van der Waals surface area contributed by atoms with Crippen molar-refractivity contribution in [3.05, 3.63) is 65.7 Å². The number of esters is 1. The topological polar surface area (TPSA) is 140 Å². The van der Waals surface area contributed by atoms with Crippen molar-refractivity contribution in [1.29, 1.82) is 0 Å². The van der Waals surface area contributed by atoms with E-state index in [0.29, 0.717) is 0 Å². The van der Waals surface area contributed by atoms with Crippen LogP contribution in [0.3, 0.4) is 0 Å². The molecule has 0 heterocycles. The summed E-state index contributed by atoms with van der Waals surface area (Å²) in [5, 5.41) is 14.8. The first kappa shape index (κ1) is 27.7. The Bertz CT molecular complexity index is 988. The second kappa shape index (κ2) is 12.2. The van der Waals surface area contributed by atoms with Gasteiger partial charge >= 0.3 is 12.1 Å². The van der Waals surface area contributed by atoms with Crippen molar-refractivity contribution in [2.24, 2.45) is 5.73 Å². The average molecular weight is 486 g/mol. The normalized spacial score (nSPS) is 13.7. The Hall–Kier alpha value is -3.59. The van der Waals surface area contributed by atoms with Gasteiger partial charge in [0.1, 0.15) is 18.0 Å². The van der Waals surface area contributed by atoms with E-state index < -0.39 is 35.2 Å². The second-order valence-electron chi connectivity index (χ2n) is 9.35. The zero-order chi connectivity index (χ0) is 26.1. The van der Waals surface area contributed by atoms with Crippen LogP contribution in [0.5, 0.6) is 5.75 Å².